The molecular weight excluding hydrogens is 194 g/mol. The Kier molecular flexibility index (Phi) is 2.72. The van der Waals surface area contributed by atoms with E-state index < -0.39 is 5.60 Å². The fraction of sp³-hybridized carbons (Fsp3) is 0.714. The molecule has 0 aromatic rings. The Hall–Kier alpha value is -0.0400. The van der Waals surface area contributed by atoms with Gasteiger partial charge in [-0.2, -0.15) is 0 Å². The second-order valence-electron chi connectivity index (χ2n) is 2.53. The number of hydrogen-bond acceptors (Lipinski definition) is 2. The van der Waals surface area contributed by atoms with Gasteiger partial charge in [-0.3, -0.25) is 0 Å². The van der Waals surface area contributed by atoms with Crippen LogP contribution in [0.4, 0.5) is 0 Å². The van der Waals surface area contributed by atoms with Crippen molar-refractivity contribution in [2.45, 2.75) is 18.4 Å². The highest BCUT2D eigenvalue weighted by Gasteiger charge is 2.26. The van der Waals surface area contributed by atoms with Crippen molar-refractivity contribution in [2.24, 2.45) is 0 Å². The van der Waals surface area contributed by atoms with Gasteiger partial charge in [0.25, 0.3) is 0 Å². The van der Waals surface area contributed by atoms with E-state index in [2.05, 4.69) is 32.0 Å². The van der Waals surface area contributed by atoms with Crippen LogP contribution in [0.25, 0.3) is 0 Å². The smallest absolute Gasteiger partial charge is 0.138 e. The van der Waals surface area contributed by atoms with E-state index in [1.54, 1.807) is 0 Å². The maximum atomic E-state index is 9.61. The Morgan fingerprint density at radius 1 is 1.60 bits per heavy atom. The van der Waals surface area contributed by atoms with E-state index in [1.807, 2.05) is 0 Å². The topological polar surface area (TPSA) is 32.3 Å². The van der Waals surface area contributed by atoms with Crippen LogP contribution in [0.1, 0.15) is 12.8 Å². The third-order valence-electron chi connectivity index (χ3n) is 1.64. The van der Waals surface area contributed by atoms with Crippen molar-refractivity contribution >= 4 is 15.9 Å². The zero-order valence-electron chi connectivity index (χ0n) is 5.65. The molecule has 0 radical (unpaired) electrons. The van der Waals surface area contributed by atoms with Gasteiger partial charge >= 0.3 is 0 Å². The summed E-state index contributed by atoms with van der Waals surface area (Å²) < 4.78 is 0. The molecule has 1 heterocycles. The molecular formula is C7H10BrNO. The molecule has 0 aromatic carbocycles. The molecule has 56 valence electrons. The Labute approximate surface area is 69.1 Å². The Morgan fingerprint density at radius 2 is 2.40 bits per heavy atom. The van der Waals surface area contributed by atoms with Crippen LogP contribution in [-0.2, 0) is 0 Å². The number of piperidine rings is 1. The minimum absolute atomic E-state index is 0.589. The number of nitrogens with one attached hydrogen (secondary N) is 1. The Morgan fingerprint density at radius 3 is 2.90 bits per heavy atom. The molecule has 1 unspecified atom stereocenters. The SMILES string of the molecule is OC1(C#CBr)CCCNC1. The summed E-state index contributed by atoms with van der Waals surface area (Å²) in [5, 5.41) is 12.7. The average molecular weight is 204 g/mol. The largest absolute Gasteiger partial charge is 0.376 e. The number of hydrogen-bond donors (Lipinski definition) is 2. The van der Waals surface area contributed by atoms with Crippen LogP contribution in [0.3, 0.4) is 0 Å². The summed E-state index contributed by atoms with van der Waals surface area (Å²) in [4.78, 5) is 2.55. The summed E-state index contributed by atoms with van der Waals surface area (Å²) in [6.45, 7) is 1.58. The van der Waals surface area contributed by atoms with Crippen LogP contribution >= 0.6 is 15.9 Å². The highest BCUT2D eigenvalue weighted by atomic mass is 79.9. The molecule has 1 atom stereocenters. The van der Waals surface area contributed by atoms with E-state index in [-0.39, 0.29) is 0 Å². The van der Waals surface area contributed by atoms with Crippen molar-refractivity contribution in [1.29, 1.82) is 0 Å². The van der Waals surface area contributed by atoms with Crippen molar-refractivity contribution in [3.05, 3.63) is 0 Å². The summed E-state index contributed by atoms with van der Waals surface area (Å²) in [5.41, 5.74) is -0.790. The lowest BCUT2D eigenvalue weighted by atomic mass is 9.96. The third-order valence-corrected chi connectivity index (χ3v) is 1.84. The Balaban J connectivity index is 2.53. The van der Waals surface area contributed by atoms with Gasteiger partial charge in [-0.05, 0) is 24.2 Å². The number of rotatable bonds is 0. The second-order valence-corrected chi connectivity index (χ2v) is 2.93. The van der Waals surface area contributed by atoms with Crippen molar-refractivity contribution in [3.63, 3.8) is 0 Å². The van der Waals surface area contributed by atoms with Crippen molar-refractivity contribution in [1.82, 2.24) is 5.32 Å². The molecule has 10 heavy (non-hydrogen) atoms. The molecule has 0 spiro atoms. The number of halogens is 1. The maximum absolute atomic E-state index is 9.61. The molecule has 1 fully saturated rings. The van der Waals surface area contributed by atoms with Gasteiger partial charge in [0.05, 0.1) is 0 Å². The van der Waals surface area contributed by atoms with Gasteiger partial charge < -0.3 is 10.4 Å². The molecule has 3 heteroatoms. The van der Waals surface area contributed by atoms with Crippen molar-refractivity contribution < 1.29 is 5.11 Å². The summed E-state index contributed by atoms with van der Waals surface area (Å²) in [5.74, 6) is 2.72. The van der Waals surface area contributed by atoms with Crippen molar-refractivity contribution in [2.75, 3.05) is 13.1 Å². The fourth-order valence-corrected chi connectivity index (χ4v) is 1.45. The molecule has 0 aromatic heterocycles. The van der Waals surface area contributed by atoms with E-state index in [1.165, 1.54) is 0 Å². The zero-order valence-corrected chi connectivity index (χ0v) is 7.24. The van der Waals surface area contributed by atoms with Gasteiger partial charge in [-0.25, -0.2) is 0 Å². The van der Waals surface area contributed by atoms with E-state index in [4.69, 9.17) is 0 Å². The summed E-state index contributed by atoms with van der Waals surface area (Å²) >= 11 is 2.97. The molecule has 1 aliphatic heterocycles. The van der Waals surface area contributed by atoms with Crippen molar-refractivity contribution in [3.8, 4) is 10.8 Å². The quantitative estimate of drug-likeness (QED) is 0.561. The van der Waals surface area contributed by atoms with E-state index >= 15 is 0 Å². The second kappa shape index (κ2) is 3.38. The summed E-state index contributed by atoms with van der Waals surface area (Å²) in [6.07, 6.45) is 1.77. The third kappa shape index (κ3) is 1.98. The molecule has 2 nitrogen and oxygen atoms in total. The van der Waals surface area contributed by atoms with Gasteiger partial charge in [-0.1, -0.05) is 5.92 Å². The molecule has 0 saturated carbocycles. The minimum Gasteiger partial charge on any atom is -0.376 e. The predicted octanol–water partition coefficient (Wildman–Crippen LogP) is 0.457. The van der Waals surface area contributed by atoms with E-state index in [0.717, 1.165) is 19.4 Å². The molecule has 1 rings (SSSR count). The van der Waals surface area contributed by atoms with Crippen LogP contribution in [0, 0.1) is 10.8 Å². The number of β-amino-alcohol motifs (C(OH)–C–C–N with tert-alkyl or cyclic N) is 1. The highest BCUT2D eigenvalue weighted by molar-refractivity contribution is 9.12. The predicted molar refractivity (Wildman–Crippen MR) is 43.8 cm³/mol. The molecule has 2 N–H and O–H groups in total. The molecule has 0 aliphatic carbocycles. The molecule has 1 aliphatic rings. The lowest BCUT2D eigenvalue weighted by Gasteiger charge is -2.27. The first kappa shape index (κ1) is 8.06. The van der Waals surface area contributed by atoms with Gasteiger partial charge in [0.2, 0.25) is 0 Å². The van der Waals surface area contributed by atoms with Gasteiger partial charge in [0, 0.05) is 22.5 Å². The first-order valence-electron chi connectivity index (χ1n) is 3.33. The van der Waals surface area contributed by atoms with Gasteiger partial charge in [0.15, 0.2) is 0 Å². The van der Waals surface area contributed by atoms with Crippen LogP contribution in [0.15, 0.2) is 0 Å². The summed E-state index contributed by atoms with van der Waals surface area (Å²) in [6, 6.07) is 0. The molecule has 1 saturated heterocycles. The molecule has 0 amide bonds. The van der Waals surface area contributed by atoms with Crippen LogP contribution < -0.4 is 5.32 Å². The van der Waals surface area contributed by atoms with Crippen LogP contribution in [0.5, 0.6) is 0 Å². The first-order valence-corrected chi connectivity index (χ1v) is 4.12. The maximum Gasteiger partial charge on any atom is 0.138 e. The highest BCUT2D eigenvalue weighted by Crippen LogP contribution is 2.14. The first-order chi connectivity index (χ1) is 4.77. The standard InChI is InChI=1S/C7H10BrNO/c8-4-3-7(10)2-1-5-9-6-7/h9-10H,1-2,5-6H2. The monoisotopic (exact) mass is 203 g/mol. The molecule has 0 bridgehead atoms. The Bertz CT molecular complexity index is 164. The lowest BCUT2D eigenvalue weighted by molar-refractivity contribution is 0.0737. The van der Waals surface area contributed by atoms with Gasteiger partial charge in [-0.15, -0.1) is 0 Å². The van der Waals surface area contributed by atoms with Crippen LogP contribution in [0.2, 0.25) is 0 Å². The van der Waals surface area contributed by atoms with Gasteiger partial charge in [0.1, 0.15) is 5.60 Å². The minimum atomic E-state index is -0.790. The average Bonchev–Trinajstić information content (AvgIpc) is 1.89. The zero-order chi connectivity index (χ0) is 7.45. The summed E-state index contributed by atoms with van der Waals surface area (Å²) in [7, 11) is 0. The fourth-order valence-electron chi connectivity index (χ4n) is 1.08. The number of aliphatic hydroxyl groups is 1. The lowest BCUT2D eigenvalue weighted by Crippen LogP contribution is -2.44. The normalized spacial score (nSPS) is 32.6. The van der Waals surface area contributed by atoms with E-state index in [9.17, 15) is 5.11 Å². The van der Waals surface area contributed by atoms with Crippen LogP contribution in [-0.4, -0.2) is 23.8 Å². The van der Waals surface area contributed by atoms with E-state index in [0.29, 0.717) is 6.54 Å².